The summed E-state index contributed by atoms with van der Waals surface area (Å²) >= 11 is 0. The number of hydrogen-bond donors (Lipinski definition) is 3. The van der Waals surface area contributed by atoms with E-state index in [4.69, 9.17) is 0 Å². The van der Waals surface area contributed by atoms with Crippen LogP contribution >= 0.6 is 0 Å². The van der Waals surface area contributed by atoms with Gasteiger partial charge in [-0.05, 0) is 35.9 Å². The molecule has 98 valence electrons. The van der Waals surface area contributed by atoms with Crippen LogP contribution in [-0.4, -0.2) is 15.2 Å². The molecule has 0 fully saturated rings. The number of anilines is 1. The van der Waals surface area contributed by atoms with Crippen molar-refractivity contribution in [3.8, 4) is 0 Å². The number of nitrogens with one attached hydrogen (secondary N) is 3. The van der Waals surface area contributed by atoms with Crippen molar-refractivity contribution < 1.29 is 0 Å². The molecule has 2 heterocycles. The van der Waals surface area contributed by atoms with Crippen molar-refractivity contribution in [3.63, 3.8) is 0 Å². The van der Waals surface area contributed by atoms with Crippen molar-refractivity contribution in [2.75, 3.05) is 5.32 Å². The molecule has 0 spiro atoms. The van der Waals surface area contributed by atoms with E-state index in [-0.39, 0.29) is 0 Å². The summed E-state index contributed by atoms with van der Waals surface area (Å²) in [7, 11) is 0. The Morgan fingerprint density at radius 2 is 2.05 bits per heavy atom. The second kappa shape index (κ2) is 4.42. The fourth-order valence-electron chi connectivity index (χ4n) is 2.55. The van der Waals surface area contributed by atoms with Crippen LogP contribution in [-0.2, 0) is 6.54 Å². The average molecular weight is 262 g/mol. The lowest BCUT2D eigenvalue weighted by molar-refractivity contribution is 1.12. The van der Waals surface area contributed by atoms with Gasteiger partial charge in [-0.2, -0.15) is 5.10 Å². The Labute approximate surface area is 115 Å². The van der Waals surface area contributed by atoms with Gasteiger partial charge in [-0.25, -0.2) is 0 Å². The molecule has 0 aliphatic heterocycles. The van der Waals surface area contributed by atoms with Crippen molar-refractivity contribution in [3.05, 3.63) is 60.4 Å². The zero-order valence-corrected chi connectivity index (χ0v) is 10.9. The van der Waals surface area contributed by atoms with Gasteiger partial charge in [0.25, 0.3) is 0 Å². The monoisotopic (exact) mass is 262 g/mol. The molecule has 0 radical (unpaired) electrons. The predicted octanol–water partition coefficient (Wildman–Crippen LogP) is 3.66. The van der Waals surface area contributed by atoms with Gasteiger partial charge < -0.3 is 10.3 Å². The molecule has 4 heteroatoms. The Balaban J connectivity index is 1.61. The van der Waals surface area contributed by atoms with E-state index in [9.17, 15) is 0 Å². The molecule has 3 N–H and O–H groups in total. The predicted molar refractivity (Wildman–Crippen MR) is 81.7 cm³/mol. The molecule has 0 amide bonds. The third-order valence-electron chi connectivity index (χ3n) is 3.61. The highest BCUT2D eigenvalue weighted by molar-refractivity contribution is 5.84. The molecule has 0 atom stereocenters. The fraction of sp³-hybridized carbons (Fsp3) is 0.0625. The van der Waals surface area contributed by atoms with Gasteiger partial charge in [0.1, 0.15) is 0 Å². The third-order valence-corrected chi connectivity index (χ3v) is 3.61. The summed E-state index contributed by atoms with van der Waals surface area (Å²) in [6.07, 6.45) is 3.82. The van der Waals surface area contributed by atoms with Crippen LogP contribution in [0, 0.1) is 0 Å². The molecule has 2 aromatic carbocycles. The van der Waals surface area contributed by atoms with Crippen LogP contribution in [0.4, 0.5) is 5.69 Å². The van der Waals surface area contributed by atoms with Gasteiger partial charge >= 0.3 is 0 Å². The van der Waals surface area contributed by atoms with Gasteiger partial charge in [0.05, 0.1) is 11.7 Å². The first-order chi connectivity index (χ1) is 9.90. The summed E-state index contributed by atoms with van der Waals surface area (Å²) in [6, 6.07) is 14.7. The van der Waals surface area contributed by atoms with Crippen LogP contribution in [0.5, 0.6) is 0 Å². The summed E-state index contributed by atoms with van der Waals surface area (Å²) in [5, 5.41) is 12.9. The van der Waals surface area contributed by atoms with Crippen molar-refractivity contribution in [2.24, 2.45) is 0 Å². The summed E-state index contributed by atoms with van der Waals surface area (Å²) in [5.74, 6) is 0. The van der Waals surface area contributed by atoms with Crippen LogP contribution in [0.25, 0.3) is 21.8 Å². The SMILES string of the molecule is c1cc(CNc2ccc3[nH]ncc3c2)c2cc[nH]c2c1. The van der Waals surface area contributed by atoms with Gasteiger partial charge in [-0.1, -0.05) is 12.1 Å². The second-order valence-electron chi connectivity index (χ2n) is 4.88. The zero-order valence-electron chi connectivity index (χ0n) is 10.9. The number of nitrogens with zero attached hydrogens (tertiary/aromatic N) is 1. The second-order valence-corrected chi connectivity index (χ2v) is 4.88. The molecular formula is C16H14N4. The van der Waals surface area contributed by atoms with E-state index in [1.165, 1.54) is 16.5 Å². The first kappa shape index (κ1) is 11.1. The van der Waals surface area contributed by atoms with Crippen molar-refractivity contribution in [1.29, 1.82) is 0 Å². The average Bonchev–Trinajstić information content (AvgIpc) is 3.13. The largest absolute Gasteiger partial charge is 0.381 e. The number of H-pyrrole nitrogens is 2. The van der Waals surface area contributed by atoms with Crippen molar-refractivity contribution in [1.82, 2.24) is 15.2 Å². The quantitative estimate of drug-likeness (QED) is 0.528. The maximum atomic E-state index is 4.04. The summed E-state index contributed by atoms with van der Waals surface area (Å²) in [6.45, 7) is 0.804. The minimum atomic E-state index is 0.804. The van der Waals surface area contributed by atoms with E-state index in [2.05, 4.69) is 56.9 Å². The van der Waals surface area contributed by atoms with Crippen molar-refractivity contribution >= 4 is 27.5 Å². The Morgan fingerprint density at radius 1 is 1.05 bits per heavy atom. The molecule has 20 heavy (non-hydrogen) atoms. The highest BCUT2D eigenvalue weighted by Gasteiger charge is 2.02. The van der Waals surface area contributed by atoms with Gasteiger partial charge in [-0.3, -0.25) is 5.10 Å². The van der Waals surface area contributed by atoms with E-state index in [0.29, 0.717) is 0 Å². The molecule has 0 saturated carbocycles. The van der Waals surface area contributed by atoms with Gasteiger partial charge in [0.2, 0.25) is 0 Å². The number of benzene rings is 2. The lowest BCUT2D eigenvalue weighted by Gasteiger charge is -2.08. The van der Waals surface area contributed by atoms with E-state index < -0.39 is 0 Å². The van der Waals surface area contributed by atoms with Gasteiger partial charge in [-0.15, -0.1) is 0 Å². The zero-order chi connectivity index (χ0) is 13.4. The van der Waals surface area contributed by atoms with Crippen LogP contribution in [0.2, 0.25) is 0 Å². The Morgan fingerprint density at radius 3 is 3.05 bits per heavy atom. The first-order valence-corrected chi connectivity index (χ1v) is 6.62. The Bertz CT molecular complexity index is 872. The topological polar surface area (TPSA) is 56.5 Å². The van der Waals surface area contributed by atoms with Crippen LogP contribution in [0.1, 0.15) is 5.56 Å². The lowest BCUT2D eigenvalue weighted by Crippen LogP contribution is -1.99. The Hall–Kier alpha value is -2.75. The molecule has 2 aromatic heterocycles. The van der Waals surface area contributed by atoms with E-state index in [0.717, 1.165) is 23.1 Å². The van der Waals surface area contributed by atoms with Crippen LogP contribution in [0.3, 0.4) is 0 Å². The minimum Gasteiger partial charge on any atom is -0.381 e. The molecule has 4 rings (SSSR count). The van der Waals surface area contributed by atoms with Gasteiger partial charge in [0, 0.05) is 34.7 Å². The van der Waals surface area contributed by atoms with E-state index in [1.54, 1.807) is 0 Å². The normalized spacial score (nSPS) is 11.2. The highest BCUT2D eigenvalue weighted by atomic mass is 15.1. The first-order valence-electron chi connectivity index (χ1n) is 6.62. The molecule has 0 bridgehead atoms. The van der Waals surface area contributed by atoms with E-state index >= 15 is 0 Å². The number of aromatic amines is 2. The Kier molecular flexibility index (Phi) is 2.45. The summed E-state index contributed by atoms with van der Waals surface area (Å²) in [4.78, 5) is 3.24. The molecule has 4 nitrogen and oxygen atoms in total. The summed E-state index contributed by atoms with van der Waals surface area (Å²) in [5.41, 5.74) is 4.63. The molecule has 0 aliphatic rings. The van der Waals surface area contributed by atoms with Gasteiger partial charge in [0.15, 0.2) is 0 Å². The number of rotatable bonds is 3. The van der Waals surface area contributed by atoms with Crippen LogP contribution in [0.15, 0.2) is 54.9 Å². The summed E-state index contributed by atoms with van der Waals surface area (Å²) < 4.78 is 0. The molecule has 0 aliphatic carbocycles. The number of hydrogen-bond acceptors (Lipinski definition) is 2. The molecular weight excluding hydrogens is 248 g/mol. The van der Waals surface area contributed by atoms with Crippen molar-refractivity contribution in [2.45, 2.75) is 6.54 Å². The fourth-order valence-corrected chi connectivity index (χ4v) is 2.55. The lowest BCUT2D eigenvalue weighted by atomic mass is 10.1. The molecule has 0 unspecified atom stereocenters. The molecule has 4 aromatic rings. The third kappa shape index (κ3) is 1.82. The highest BCUT2D eigenvalue weighted by Crippen LogP contribution is 2.20. The maximum Gasteiger partial charge on any atom is 0.0651 e. The standard InChI is InChI=1S/C16H14N4/c1-2-11(14-6-7-17-16(14)3-1)9-18-13-4-5-15-12(8-13)10-19-20-15/h1-8,10,17-18H,9H2,(H,19,20). The molecule has 0 saturated heterocycles. The minimum absolute atomic E-state index is 0.804. The van der Waals surface area contributed by atoms with E-state index in [1.807, 2.05) is 18.5 Å². The number of fused-ring (bicyclic) bond motifs is 2. The smallest absolute Gasteiger partial charge is 0.0651 e. The maximum absolute atomic E-state index is 4.04. The van der Waals surface area contributed by atoms with Crippen LogP contribution < -0.4 is 5.32 Å². The number of aromatic nitrogens is 3.